The second-order valence-corrected chi connectivity index (χ2v) is 4.89. The molecule has 0 amide bonds. The molecule has 1 aliphatic heterocycles. The van der Waals surface area contributed by atoms with E-state index in [-0.39, 0.29) is 0 Å². The monoisotopic (exact) mass is 203 g/mol. The maximum absolute atomic E-state index is 5.38. The van der Waals surface area contributed by atoms with Gasteiger partial charge < -0.3 is 4.74 Å². The number of likely N-dealkylation sites (tertiary alicyclic amines) is 1. The summed E-state index contributed by atoms with van der Waals surface area (Å²) >= 11 is 2.03. The fraction of sp³-hybridized carbons (Fsp3) is 1.00. The summed E-state index contributed by atoms with van der Waals surface area (Å²) in [4.78, 5) is 2.53. The Morgan fingerprint density at radius 3 is 3.08 bits per heavy atom. The molecule has 13 heavy (non-hydrogen) atoms. The summed E-state index contributed by atoms with van der Waals surface area (Å²) in [5, 5.41) is 0. The maximum Gasteiger partial charge on any atom is 0.0698 e. The van der Waals surface area contributed by atoms with E-state index in [4.69, 9.17) is 4.74 Å². The molecule has 1 unspecified atom stereocenters. The van der Waals surface area contributed by atoms with Crippen LogP contribution in [0.3, 0.4) is 0 Å². The molecule has 1 atom stereocenters. The summed E-state index contributed by atoms with van der Waals surface area (Å²) in [5.41, 5.74) is 0. The van der Waals surface area contributed by atoms with E-state index >= 15 is 0 Å². The second kappa shape index (κ2) is 6.68. The van der Waals surface area contributed by atoms with Crippen molar-refractivity contribution in [3.8, 4) is 0 Å². The molecule has 0 spiro atoms. The number of nitrogens with zero attached hydrogens (tertiary/aromatic N) is 1. The number of methoxy groups -OCH3 is 1. The Bertz CT molecular complexity index is 132. The molecule has 0 aromatic rings. The molecular formula is C10H21NOS. The Labute approximate surface area is 86.0 Å². The van der Waals surface area contributed by atoms with Crippen molar-refractivity contribution in [2.75, 3.05) is 38.2 Å². The molecule has 1 saturated heterocycles. The minimum atomic E-state index is 0.486. The first-order chi connectivity index (χ1) is 6.36. The third-order valence-electron chi connectivity index (χ3n) is 2.55. The maximum atomic E-state index is 5.38. The first kappa shape index (κ1) is 11.3. The number of hydrogen-bond donors (Lipinski definition) is 0. The molecule has 1 fully saturated rings. The van der Waals surface area contributed by atoms with Crippen LogP contribution in [0.1, 0.15) is 19.8 Å². The Kier molecular flexibility index (Phi) is 5.83. The highest BCUT2D eigenvalue weighted by atomic mass is 32.2. The predicted molar refractivity (Wildman–Crippen MR) is 59.5 cm³/mol. The Balaban J connectivity index is 2.11. The lowest BCUT2D eigenvalue weighted by atomic mass is 10.1. The van der Waals surface area contributed by atoms with Crippen LogP contribution in [0, 0.1) is 0 Å². The van der Waals surface area contributed by atoms with Crippen LogP contribution >= 0.6 is 11.8 Å². The number of hydrogen-bond acceptors (Lipinski definition) is 3. The highest BCUT2D eigenvalue weighted by molar-refractivity contribution is 7.99. The molecule has 0 saturated carbocycles. The van der Waals surface area contributed by atoms with Crippen molar-refractivity contribution in [1.29, 1.82) is 0 Å². The minimum absolute atomic E-state index is 0.486. The SMILES string of the molecule is CCSCCN1CCCC(OC)C1. The molecule has 1 heterocycles. The van der Waals surface area contributed by atoms with Crippen molar-refractivity contribution in [3.63, 3.8) is 0 Å². The smallest absolute Gasteiger partial charge is 0.0698 e. The predicted octanol–water partition coefficient (Wildman–Crippen LogP) is 1.85. The Hall–Kier alpha value is 0.270. The first-order valence-corrected chi connectivity index (χ1v) is 6.35. The molecule has 0 aliphatic carbocycles. The van der Waals surface area contributed by atoms with E-state index in [0.29, 0.717) is 6.10 Å². The summed E-state index contributed by atoms with van der Waals surface area (Å²) < 4.78 is 5.38. The third kappa shape index (κ3) is 4.34. The average Bonchev–Trinajstić information content (AvgIpc) is 2.19. The number of piperidine rings is 1. The summed E-state index contributed by atoms with van der Waals surface area (Å²) in [6.07, 6.45) is 3.03. The topological polar surface area (TPSA) is 12.5 Å². The highest BCUT2D eigenvalue weighted by Gasteiger charge is 2.18. The van der Waals surface area contributed by atoms with Gasteiger partial charge in [-0.2, -0.15) is 11.8 Å². The van der Waals surface area contributed by atoms with Crippen LogP contribution in [0.2, 0.25) is 0 Å². The van der Waals surface area contributed by atoms with Crippen LogP contribution in [0.5, 0.6) is 0 Å². The van der Waals surface area contributed by atoms with Gasteiger partial charge in [0.05, 0.1) is 6.10 Å². The molecule has 1 rings (SSSR count). The third-order valence-corrected chi connectivity index (χ3v) is 3.43. The molecule has 0 bridgehead atoms. The van der Waals surface area contributed by atoms with Gasteiger partial charge in [-0.3, -0.25) is 4.90 Å². The number of ether oxygens (including phenoxy) is 1. The molecule has 78 valence electrons. The zero-order valence-corrected chi connectivity index (χ0v) is 9.61. The van der Waals surface area contributed by atoms with Crippen molar-refractivity contribution < 1.29 is 4.74 Å². The van der Waals surface area contributed by atoms with Gasteiger partial charge in [-0.1, -0.05) is 6.92 Å². The van der Waals surface area contributed by atoms with Crippen molar-refractivity contribution in [1.82, 2.24) is 4.90 Å². The van der Waals surface area contributed by atoms with Crippen LogP contribution in [0.4, 0.5) is 0 Å². The van der Waals surface area contributed by atoms with E-state index < -0.39 is 0 Å². The molecule has 0 N–H and O–H groups in total. The normalized spacial score (nSPS) is 24.9. The van der Waals surface area contributed by atoms with Crippen LogP contribution in [-0.4, -0.2) is 49.3 Å². The van der Waals surface area contributed by atoms with Gasteiger partial charge in [0.2, 0.25) is 0 Å². The van der Waals surface area contributed by atoms with E-state index in [0.717, 1.165) is 6.54 Å². The van der Waals surface area contributed by atoms with Gasteiger partial charge in [-0.05, 0) is 25.1 Å². The Morgan fingerprint density at radius 1 is 1.54 bits per heavy atom. The van der Waals surface area contributed by atoms with Gasteiger partial charge in [0.15, 0.2) is 0 Å². The molecular weight excluding hydrogens is 182 g/mol. The summed E-state index contributed by atoms with van der Waals surface area (Å²) in [7, 11) is 1.83. The molecule has 2 nitrogen and oxygen atoms in total. The van der Waals surface area contributed by atoms with Crippen molar-refractivity contribution >= 4 is 11.8 Å². The quantitative estimate of drug-likeness (QED) is 0.633. The Morgan fingerprint density at radius 2 is 2.38 bits per heavy atom. The average molecular weight is 203 g/mol. The zero-order valence-electron chi connectivity index (χ0n) is 8.79. The number of rotatable bonds is 5. The lowest BCUT2D eigenvalue weighted by Gasteiger charge is -2.31. The minimum Gasteiger partial charge on any atom is -0.380 e. The summed E-state index contributed by atoms with van der Waals surface area (Å²) in [6.45, 7) is 5.86. The second-order valence-electron chi connectivity index (χ2n) is 3.50. The largest absolute Gasteiger partial charge is 0.380 e. The van der Waals surface area contributed by atoms with E-state index in [2.05, 4.69) is 11.8 Å². The van der Waals surface area contributed by atoms with E-state index in [1.807, 2.05) is 18.9 Å². The molecule has 0 aromatic carbocycles. The zero-order chi connectivity index (χ0) is 9.52. The lowest BCUT2D eigenvalue weighted by Crippen LogP contribution is -2.40. The molecule has 0 aromatic heterocycles. The fourth-order valence-electron chi connectivity index (χ4n) is 1.75. The van der Waals surface area contributed by atoms with E-state index in [1.54, 1.807) is 0 Å². The molecule has 1 aliphatic rings. The standard InChI is InChI=1S/C10H21NOS/c1-3-13-8-7-11-6-4-5-10(9-11)12-2/h10H,3-9H2,1-2H3. The van der Waals surface area contributed by atoms with Gasteiger partial charge in [-0.25, -0.2) is 0 Å². The van der Waals surface area contributed by atoms with Gasteiger partial charge in [0.25, 0.3) is 0 Å². The highest BCUT2D eigenvalue weighted by Crippen LogP contribution is 2.12. The van der Waals surface area contributed by atoms with Crippen LogP contribution < -0.4 is 0 Å². The van der Waals surface area contributed by atoms with Crippen molar-refractivity contribution in [2.45, 2.75) is 25.9 Å². The van der Waals surface area contributed by atoms with Crippen LogP contribution in [0.25, 0.3) is 0 Å². The number of thioether (sulfide) groups is 1. The lowest BCUT2D eigenvalue weighted by molar-refractivity contribution is 0.0338. The van der Waals surface area contributed by atoms with Gasteiger partial charge in [0, 0.05) is 26.0 Å². The van der Waals surface area contributed by atoms with Gasteiger partial charge in [0.1, 0.15) is 0 Å². The van der Waals surface area contributed by atoms with Crippen LogP contribution in [-0.2, 0) is 4.74 Å². The first-order valence-electron chi connectivity index (χ1n) is 5.19. The fourth-order valence-corrected chi connectivity index (χ4v) is 2.42. The van der Waals surface area contributed by atoms with E-state index in [1.165, 1.54) is 37.4 Å². The van der Waals surface area contributed by atoms with Gasteiger partial charge >= 0.3 is 0 Å². The van der Waals surface area contributed by atoms with Crippen LogP contribution in [0.15, 0.2) is 0 Å². The molecule has 0 radical (unpaired) electrons. The van der Waals surface area contributed by atoms with Crippen molar-refractivity contribution in [2.24, 2.45) is 0 Å². The van der Waals surface area contributed by atoms with Crippen molar-refractivity contribution in [3.05, 3.63) is 0 Å². The summed E-state index contributed by atoms with van der Waals surface area (Å²) in [6, 6.07) is 0. The summed E-state index contributed by atoms with van der Waals surface area (Å²) in [5.74, 6) is 2.51. The van der Waals surface area contributed by atoms with Gasteiger partial charge in [-0.15, -0.1) is 0 Å². The van der Waals surface area contributed by atoms with E-state index in [9.17, 15) is 0 Å². The molecule has 3 heteroatoms.